The molecule has 0 aliphatic carbocycles. The van der Waals surface area contributed by atoms with Gasteiger partial charge in [-0.15, -0.1) is 0 Å². The van der Waals surface area contributed by atoms with Gasteiger partial charge in [-0.2, -0.15) is 26.3 Å². The van der Waals surface area contributed by atoms with E-state index in [0.717, 1.165) is 0 Å². The zero-order valence-corrected chi connectivity index (χ0v) is 12.6. The molecule has 0 saturated carbocycles. The van der Waals surface area contributed by atoms with E-state index >= 15 is 0 Å². The Bertz CT molecular complexity index is 786. The molecule has 1 heterocycles. The van der Waals surface area contributed by atoms with Crippen molar-refractivity contribution in [2.24, 2.45) is 0 Å². The molecule has 2 rings (SSSR count). The number of anilines is 2. The van der Waals surface area contributed by atoms with Crippen LogP contribution in [0.3, 0.4) is 0 Å². The fourth-order valence-corrected chi connectivity index (χ4v) is 1.84. The molecule has 2 aromatic rings. The van der Waals surface area contributed by atoms with Crippen molar-refractivity contribution in [1.29, 1.82) is 0 Å². The summed E-state index contributed by atoms with van der Waals surface area (Å²) in [5.74, 6) is -2.73. The van der Waals surface area contributed by atoms with E-state index in [1.807, 2.05) is 0 Å². The van der Waals surface area contributed by atoms with Crippen molar-refractivity contribution in [3.05, 3.63) is 53.9 Å². The normalized spacial score (nSPS) is 11.8. The third kappa shape index (κ3) is 4.94. The second-order valence-corrected chi connectivity index (χ2v) is 4.94. The number of amides is 2. The van der Waals surface area contributed by atoms with Gasteiger partial charge in [0.2, 0.25) is 0 Å². The summed E-state index contributed by atoms with van der Waals surface area (Å²) >= 11 is 0. The Morgan fingerprint density at radius 3 is 1.73 bits per heavy atom. The minimum atomic E-state index is -5.07. The first-order valence-corrected chi connectivity index (χ1v) is 6.78. The highest BCUT2D eigenvalue weighted by molar-refractivity contribution is 6.43. The molecule has 138 valence electrons. The topological polar surface area (TPSA) is 71.1 Å². The molecule has 0 aliphatic heterocycles. The molecule has 0 bridgehead atoms. The predicted octanol–water partition coefficient (Wildman–Crippen LogP) is 3.70. The van der Waals surface area contributed by atoms with Crippen LogP contribution < -0.4 is 10.6 Å². The third-order valence-electron chi connectivity index (χ3n) is 2.97. The number of nitrogens with zero attached hydrogens (tertiary/aromatic N) is 1. The van der Waals surface area contributed by atoms with Gasteiger partial charge in [0.15, 0.2) is 0 Å². The smallest absolute Gasteiger partial charge is 0.318 e. The zero-order chi connectivity index (χ0) is 19.5. The monoisotopic (exact) mass is 377 g/mol. The molecular formula is C15H9F6N3O2. The Hall–Kier alpha value is -3.11. The van der Waals surface area contributed by atoms with E-state index in [-0.39, 0.29) is 11.8 Å². The number of carbonyl (C=O) groups is 2. The van der Waals surface area contributed by atoms with E-state index in [2.05, 4.69) is 10.3 Å². The Balaban J connectivity index is 2.24. The van der Waals surface area contributed by atoms with Crippen molar-refractivity contribution in [2.75, 3.05) is 10.6 Å². The quantitative estimate of drug-likeness (QED) is 0.619. The molecule has 5 nitrogen and oxygen atoms in total. The molecular weight excluding hydrogens is 368 g/mol. The molecule has 11 heteroatoms. The average Bonchev–Trinajstić information content (AvgIpc) is 2.53. The number of pyridine rings is 1. The summed E-state index contributed by atoms with van der Waals surface area (Å²) in [6.45, 7) is 0. The Morgan fingerprint density at radius 2 is 1.31 bits per heavy atom. The molecule has 0 saturated heterocycles. The van der Waals surface area contributed by atoms with Gasteiger partial charge in [0, 0.05) is 11.9 Å². The van der Waals surface area contributed by atoms with E-state index in [0.29, 0.717) is 12.1 Å². The maximum atomic E-state index is 12.8. The van der Waals surface area contributed by atoms with E-state index in [1.54, 1.807) is 5.32 Å². The highest BCUT2D eigenvalue weighted by atomic mass is 19.4. The highest BCUT2D eigenvalue weighted by Gasteiger charge is 2.37. The Kier molecular flexibility index (Phi) is 5.19. The summed E-state index contributed by atoms with van der Waals surface area (Å²) in [6.07, 6.45) is -7.56. The maximum Gasteiger partial charge on any atom is 0.416 e. The van der Waals surface area contributed by atoms with Gasteiger partial charge >= 0.3 is 24.2 Å². The largest absolute Gasteiger partial charge is 0.416 e. The molecule has 2 N–H and O–H groups in total. The van der Waals surface area contributed by atoms with Crippen LogP contribution in [0.25, 0.3) is 0 Å². The molecule has 1 aromatic carbocycles. The van der Waals surface area contributed by atoms with Crippen molar-refractivity contribution in [1.82, 2.24) is 4.98 Å². The Morgan fingerprint density at radius 1 is 0.808 bits per heavy atom. The molecule has 2 amide bonds. The third-order valence-corrected chi connectivity index (χ3v) is 2.97. The molecule has 0 fully saturated rings. The molecule has 0 atom stereocenters. The number of benzene rings is 1. The first-order chi connectivity index (χ1) is 12.0. The van der Waals surface area contributed by atoms with Crippen LogP contribution in [-0.2, 0) is 21.9 Å². The minimum absolute atomic E-state index is 0.0919. The van der Waals surface area contributed by atoms with Crippen LogP contribution in [0.5, 0.6) is 0 Å². The molecule has 0 aliphatic rings. The van der Waals surface area contributed by atoms with Crippen LogP contribution in [-0.4, -0.2) is 16.8 Å². The maximum absolute atomic E-state index is 12.8. The molecule has 1 aromatic heterocycles. The summed E-state index contributed by atoms with van der Waals surface area (Å²) in [4.78, 5) is 27.1. The predicted molar refractivity (Wildman–Crippen MR) is 77.9 cm³/mol. The van der Waals surface area contributed by atoms with E-state index in [1.165, 1.54) is 24.5 Å². The summed E-state index contributed by atoms with van der Waals surface area (Å²) < 4.78 is 76.5. The molecule has 0 spiro atoms. The SMILES string of the molecule is O=C(Nc1cccnc1)C(=O)Nc1cc(C(F)(F)F)cc(C(F)(F)F)c1. The van der Waals surface area contributed by atoms with Gasteiger partial charge in [0.05, 0.1) is 23.0 Å². The van der Waals surface area contributed by atoms with Crippen LogP contribution >= 0.6 is 0 Å². The average molecular weight is 377 g/mol. The summed E-state index contributed by atoms with van der Waals surface area (Å²) in [5, 5.41) is 3.81. The number of halogens is 6. The molecule has 0 unspecified atom stereocenters. The zero-order valence-electron chi connectivity index (χ0n) is 12.6. The van der Waals surface area contributed by atoms with E-state index < -0.39 is 41.0 Å². The first kappa shape index (κ1) is 19.2. The number of hydrogen-bond donors (Lipinski definition) is 2. The lowest BCUT2D eigenvalue weighted by Crippen LogP contribution is -2.29. The number of carbonyl (C=O) groups excluding carboxylic acids is 2. The van der Waals surface area contributed by atoms with Crippen LogP contribution in [0.15, 0.2) is 42.7 Å². The second kappa shape index (κ2) is 7.02. The van der Waals surface area contributed by atoms with Crippen LogP contribution in [0.2, 0.25) is 0 Å². The number of alkyl halides is 6. The van der Waals surface area contributed by atoms with Gasteiger partial charge in [-0.1, -0.05) is 0 Å². The minimum Gasteiger partial charge on any atom is -0.318 e. The van der Waals surface area contributed by atoms with Crippen molar-refractivity contribution in [2.45, 2.75) is 12.4 Å². The first-order valence-electron chi connectivity index (χ1n) is 6.78. The van der Waals surface area contributed by atoms with Gasteiger partial charge in [0.1, 0.15) is 0 Å². The van der Waals surface area contributed by atoms with Crippen molar-refractivity contribution >= 4 is 23.2 Å². The lowest BCUT2D eigenvalue weighted by Gasteiger charge is -2.14. The van der Waals surface area contributed by atoms with E-state index in [9.17, 15) is 35.9 Å². The summed E-state index contributed by atoms with van der Waals surface area (Å²) in [6, 6.07) is 3.32. The number of aromatic nitrogens is 1. The van der Waals surface area contributed by atoms with Gasteiger partial charge < -0.3 is 10.6 Å². The summed E-state index contributed by atoms with van der Waals surface area (Å²) in [7, 11) is 0. The lowest BCUT2D eigenvalue weighted by molar-refractivity contribution is -0.143. The van der Waals surface area contributed by atoms with Crippen molar-refractivity contribution in [3.8, 4) is 0 Å². The van der Waals surface area contributed by atoms with Gasteiger partial charge in [-0.05, 0) is 30.3 Å². The standard InChI is InChI=1S/C15H9F6N3O2/c16-14(17,18)8-4-9(15(19,20)21)6-11(5-8)24-13(26)12(25)23-10-2-1-3-22-7-10/h1-7H,(H,23,25)(H,24,26). The fraction of sp³-hybridized carbons (Fsp3) is 0.133. The number of nitrogens with one attached hydrogen (secondary N) is 2. The second-order valence-electron chi connectivity index (χ2n) is 4.94. The van der Waals surface area contributed by atoms with Gasteiger partial charge in [-0.25, -0.2) is 0 Å². The van der Waals surface area contributed by atoms with Crippen LogP contribution in [0, 0.1) is 0 Å². The number of rotatable bonds is 2. The van der Waals surface area contributed by atoms with Crippen molar-refractivity contribution in [3.63, 3.8) is 0 Å². The van der Waals surface area contributed by atoms with Gasteiger partial charge in [-0.3, -0.25) is 14.6 Å². The summed E-state index contributed by atoms with van der Waals surface area (Å²) in [5.41, 5.74) is -3.93. The van der Waals surface area contributed by atoms with Crippen LogP contribution in [0.4, 0.5) is 37.7 Å². The van der Waals surface area contributed by atoms with Crippen molar-refractivity contribution < 1.29 is 35.9 Å². The van der Waals surface area contributed by atoms with E-state index in [4.69, 9.17) is 0 Å². The Labute approximate surface area is 142 Å². The lowest BCUT2D eigenvalue weighted by atomic mass is 10.1. The van der Waals surface area contributed by atoms with Crippen LogP contribution in [0.1, 0.15) is 11.1 Å². The van der Waals surface area contributed by atoms with Gasteiger partial charge in [0.25, 0.3) is 0 Å². The molecule has 26 heavy (non-hydrogen) atoms. The number of hydrogen-bond acceptors (Lipinski definition) is 3. The highest BCUT2D eigenvalue weighted by Crippen LogP contribution is 2.37. The fourth-order valence-electron chi connectivity index (χ4n) is 1.84. The molecule has 0 radical (unpaired) electrons.